The van der Waals surface area contributed by atoms with Crippen LogP contribution in [0.1, 0.15) is 33.4 Å². The predicted octanol–water partition coefficient (Wildman–Crippen LogP) is 5.24. The summed E-state index contributed by atoms with van der Waals surface area (Å²) in [5.41, 5.74) is -1.07. The number of esters is 4. The molecular weight excluding hydrogens is 718 g/mol. The average molecular weight is 738 g/mol. The van der Waals surface area contributed by atoms with Crippen molar-refractivity contribution < 1.29 is 38.1 Å². The van der Waals surface area contributed by atoms with Gasteiger partial charge in [-0.2, -0.15) is 0 Å². The van der Waals surface area contributed by atoms with Crippen LogP contribution in [0.3, 0.4) is 0 Å². The molecule has 12 heteroatoms. The summed E-state index contributed by atoms with van der Waals surface area (Å²) in [6.07, 6.45) is 0. The van der Waals surface area contributed by atoms with Crippen LogP contribution in [0.2, 0.25) is 0 Å². The fraction of sp³-hybridized carbons (Fsp3) is 0.214. The van der Waals surface area contributed by atoms with Crippen molar-refractivity contribution in [1.29, 1.82) is 0 Å². The van der Waals surface area contributed by atoms with Crippen LogP contribution in [0.15, 0.2) is 74.1 Å². The standard InChI is InChI=1S/C28H20Br3NO8/c1-37-26(35)28(27(36)38-2)22-17-11-15(30)7-9-19(17)40-25(34)21(22)23(32-28)18-12-16(31)8-10-20(18)39-24(33)13-3-5-14(29)6-4-13/h3-12,21-23,32H,1-2H3/t21-,22+,23+/m1/s1. The second-order valence-electron chi connectivity index (χ2n) is 9.10. The lowest BCUT2D eigenvalue weighted by molar-refractivity contribution is -0.164. The monoisotopic (exact) mass is 735 g/mol. The van der Waals surface area contributed by atoms with Gasteiger partial charge in [-0.1, -0.05) is 47.8 Å². The molecule has 0 aromatic heterocycles. The van der Waals surface area contributed by atoms with Gasteiger partial charge in [-0.25, -0.2) is 14.4 Å². The first-order valence-electron chi connectivity index (χ1n) is 11.8. The van der Waals surface area contributed by atoms with Crippen molar-refractivity contribution in [2.45, 2.75) is 17.5 Å². The lowest BCUT2D eigenvalue weighted by atomic mass is 9.72. The maximum atomic E-state index is 13.6. The molecule has 0 saturated carbocycles. The summed E-state index contributed by atoms with van der Waals surface area (Å²) >= 11 is 10.2. The van der Waals surface area contributed by atoms with E-state index in [1.807, 2.05) is 0 Å². The number of hydrogen-bond acceptors (Lipinski definition) is 9. The van der Waals surface area contributed by atoms with Gasteiger partial charge in [0.2, 0.25) is 5.54 Å². The molecule has 0 radical (unpaired) electrons. The molecule has 9 nitrogen and oxygen atoms in total. The Bertz CT molecular complexity index is 1530. The van der Waals surface area contributed by atoms with E-state index < -0.39 is 47.3 Å². The molecule has 0 unspecified atom stereocenters. The lowest BCUT2D eigenvalue weighted by Crippen LogP contribution is -2.59. The van der Waals surface area contributed by atoms with E-state index >= 15 is 0 Å². The zero-order valence-electron chi connectivity index (χ0n) is 20.9. The Morgan fingerprint density at radius 1 is 0.825 bits per heavy atom. The molecule has 3 aromatic rings. The summed E-state index contributed by atoms with van der Waals surface area (Å²) in [5.74, 6) is -5.09. The van der Waals surface area contributed by atoms with E-state index in [9.17, 15) is 19.2 Å². The fourth-order valence-electron chi connectivity index (χ4n) is 5.27. The molecule has 206 valence electrons. The molecule has 0 spiro atoms. The van der Waals surface area contributed by atoms with E-state index in [4.69, 9.17) is 18.9 Å². The maximum Gasteiger partial charge on any atom is 0.343 e. The zero-order chi connectivity index (χ0) is 28.8. The third-order valence-corrected chi connectivity index (χ3v) is 8.48. The minimum atomic E-state index is -2.12. The van der Waals surface area contributed by atoms with Crippen molar-refractivity contribution in [2.24, 2.45) is 5.92 Å². The highest BCUT2D eigenvalue weighted by atomic mass is 79.9. The average Bonchev–Trinajstić information content (AvgIpc) is 3.32. The summed E-state index contributed by atoms with van der Waals surface area (Å²) in [6.45, 7) is 0. The van der Waals surface area contributed by atoms with Gasteiger partial charge in [0.1, 0.15) is 11.5 Å². The molecule has 0 aliphatic carbocycles. The molecule has 40 heavy (non-hydrogen) atoms. The molecule has 3 aromatic carbocycles. The first-order chi connectivity index (χ1) is 19.1. The molecule has 5 rings (SSSR count). The van der Waals surface area contributed by atoms with E-state index in [-0.39, 0.29) is 11.5 Å². The number of benzene rings is 3. The van der Waals surface area contributed by atoms with Gasteiger partial charge in [0, 0.05) is 30.5 Å². The Balaban J connectivity index is 1.68. The third-order valence-electron chi connectivity index (χ3n) is 6.96. The molecule has 0 bridgehead atoms. The number of halogens is 3. The van der Waals surface area contributed by atoms with Crippen LogP contribution >= 0.6 is 47.8 Å². The van der Waals surface area contributed by atoms with Crippen molar-refractivity contribution in [1.82, 2.24) is 5.32 Å². The minimum Gasteiger partial charge on any atom is -0.467 e. The molecule has 0 amide bonds. The van der Waals surface area contributed by atoms with E-state index in [0.717, 1.165) is 18.7 Å². The van der Waals surface area contributed by atoms with Crippen molar-refractivity contribution in [3.63, 3.8) is 0 Å². The second-order valence-corrected chi connectivity index (χ2v) is 11.8. The first-order valence-corrected chi connectivity index (χ1v) is 14.2. The van der Waals surface area contributed by atoms with Crippen LogP contribution in [0, 0.1) is 5.92 Å². The van der Waals surface area contributed by atoms with Gasteiger partial charge < -0.3 is 18.9 Å². The SMILES string of the molecule is COC(=O)C1(C(=O)OC)N[C@@H](c2cc(Br)ccc2OC(=O)c2ccc(Br)cc2)[C@@H]2C(=O)Oc3ccc(Br)cc3[C@@H]21. The number of carbonyl (C=O) groups is 4. The van der Waals surface area contributed by atoms with Gasteiger partial charge in [-0.05, 0) is 60.7 Å². The van der Waals surface area contributed by atoms with Crippen molar-refractivity contribution >= 4 is 71.7 Å². The van der Waals surface area contributed by atoms with Gasteiger partial charge >= 0.3 is 23.9 Å². The number of hydrogen-bond donors (Lipinski definition) is 1. The number of rotatable bonds is 5. The first kappa shape index (κ1) is 28.5. The van der Waals surface area contributed by atoms with E-state index in [1.54, 1.807) is 60.7 Å². The molecule has 2 heterocycles. The fourth-order valence-corrected chi connectivity index (χ4v) is 6.29. The summed E-state index contributed by atoms with van der Waals surface area (Å²) in [6, 6.07) is 15.4. The van der Waals surface area contributed by atoms with E-state index in [1.165, 1.54) is 0 Å². The van der Waals surface area contributed by atoms with E-state index in [0.29, 0.717) is 25.6 Å². The predicted molar refractivity (Wildman–Crippen MR) is 152 cm³/mol. The van der Waals surface area contributed by atoms with Gasteiger partial charge in [-0.3, -0.25) is 10.1 Å². The van der Waals surface area contributed by atoms with Crippen LogP contribution in [-0.4, -0.2) is 43.6 Å². The molecule has 2 aliphatic heterocycles. The molecule has 1 fully saturated rings. The number of carbonyl (C=O) groups excluding carboxylic acids is 4. The molecule has 2 aliphatic rings. The van der Waals surface area contributed by atoms with Crippen LogP contribution in [0.25, 0.3) is 0 Å². The summed E-state index contributed by atoms with van der Waals surface area (Å²) in [4.78, 5) is 53.6. The van der Waals surface area contributed by atoms with Crippen LogP contribution in [-0.2, 0) is 23.9 Å². The van der Waals surface area contributed by atoms with Gasteiger partial charge in [0.05, 0.1) is 31.7 Å². The molecule has 1 N–H and O–H groups in total. The highest BCUT2D eigenvalue weighted by Gasteiger charge is 2.69. The Morgan fingerprint density at radius 3 is 2.02 bits per heavy atom. The molecule has 3 atom stereocenters. The Kier molecular flexibility index (Phi) is 7.88. The number of methoxy groups -OCH3 is 2. The summed E-state index contributed by atoms with van der Waals surface area (Å²) in [5, 5.41) is 3.06. The van der Waals surface area contributed by atoms with Gasteiger partial charge in [0.15, 0.2) is 0 Å². The third kappa shape index (κ3) is 4.76. The summed E-state index contributed by atoms with van der Waals surface area (Å²) < 4.78 is 23.7. The van der Waals surface area contributed by atoms with Gasteiger partial charge in [0.25, 0.3) is 0 Å². The van der Waals surface area contributed by atoms with Gasteiger partial charge in [-0.15, -0.1) is 0 Å². The van der Waals surface area contributed by atoms with Crippen LogP contribution < -0.4 is 14.8 Å². The van der Waals surface area contributed by atoms with Crippen molar-refractivity contribution in [3.8, 4) is 11.5 Å². The van der Waals surface area contributed by atoms with Crippen molar-refractivity contribution in [3.05, 3.63) is 90.8 Å². The van der Waals surface area contributed by atoms with Crippen LogP contribution in [0.4, 0.5) is 0 Å². The topological polar surface area (TPSA) is 117 Å². The largest absolute Gasteiger partial charge is 0.467 e. The normalized spacial score (nSPS) is 20.5. The highest BCUT2D eigenvalue weighted by Crippen LogP contribution is 2.56. The maximum absolute atomic E-state index is 13.6. The number of nitrogens with one attached hydrogen (secondary N) is 1. The smallest absolute Gasteiger partial charge is 0.343 e. The lowest BCUT2D eigenvalue weighted by Gasteiger charge is -2.34. The number of fused-ring (bicyclic) bond motifs is 3. The quantitative estimate of drug-likeness (QED) is 0.213. The Labute approximate surface area is 253 Å². The van der Waals surface area contributed by atoms with Crippen molar-refractivity contribution in [2.75, 3.05) is 14.2 Å². The Morgan fingerprint density at radius 2 is 1.40 bits per heavy atom. The minimum absolute atomic E-state index is 0.116. The zero-order valence-corrected chi connectivity index (χ0v) is 25.7. The molecular formula is C28H20Br3NO8. The second kappa shape index (κ2) is 11.1. The summed E-state index contributed by atoms with van der Waals surface area (Å²) in [7, 11) is 2.29. The molecule has 1 saturated heterocycles. The van der Waals surface area contributed by atoms with Crippen LogP contribution in [0.5, 0.6) is 11.5 Å². The van der Waals surface area contributed by atoms with E-state index in [2.05, 4.69) is 53.1 Å². The highest BCUT2D eigenvalue weighted by molar-refractivity contribution is 9.11. The number of ether oxygens (including phenoxy) is 4. The Hall–Kier alpha value is -3.06.